The molecule has 1 aromatic heterocycles. The van der Waals surface area contributed by atoms with Crippen LogP contribution in [0.2, 0.25) is 0 Å². The van der Waals surface area contributed by atoms with E-state index in [2.05, 4.69) is 4.98 Å². The molecule has 0 aliphatic rings. The second-order valence-corrected chi connectivity index (χ2v) is 4.94. The van der Waals surface area contributed by atoms with Crippen LogP contribution in [-0.4, -0.2) is 11.6 Å². The first-order valence-electron chi connectivity index (χ1n) is 6.68. The van der Waals surface area contributed by atoms with Crippen molar-refractivity contribution in [3.63, 3.8) is 0 Å². The molecule has 0 spiro atoms. The largest absolute Gasteiger partial charge is 0.492 e. The van der Waals surface area contributed by atoms with Crippen molar-refractivity contribution in [2.75, 3.05) is 6.61 Å². The summed E-state index contributed by atoms with van der Waals surface area (Å²) in [6, 6.07) is 8.33. The zero-order valence-electron chi connectivity index (χ0n) is 11.8. The van der Waals surface area contributed by atoms with Gasteiger partial charge in [0.15, 0.2) is 0 Å². The fourth-order valence-corrected chi connectivity index (χ4v) is 2.04. The van der Waals surface area contributed by atoms with Gasteiger partial charge in [-0.2, -0.15) is 0 Å². The summed E-state index contributed by atoms with van der Waals surface area (Å²) in [6.45, 7) is 4.42. The van der Waals surface area contributed by atoms with Crippen LogP contribution < -0.4 is 10.5 Å². The van der Waals surface area contributed by atoms with Crippen LogP contribution in [0.3, 0.4) is 0 Å². The molecule has 1 aromatic carbocycles. The van der Waals surface area contributed by atoms with Gasteiger partial charge in [0, 0.05) is 11.8 Å². The average molecular weight is 274 g/mol. The molecule has 0 saturated carbocycles. The third kappa shape index (κ3) is 2.96. The highest BCUT2D eigenvalue weighted by Crippen LogP contribution is 2.29. The van der Waals surface area contributed by atoms with E-state index in [1.807, 2.05) is 13.0 Å². The van der Waals surface area contributed by atoms with Crippen LogP contribution in [0.4, 0.5) is 4.39 Å². The molecule has 2 rings (SSSR count). The number of rotatable bonds is 5. The Morgan fingerprint density at radius 2 is 2.05 bits per heavy atom. The van der Waals surface area contributed by atoms with E-state index in [9.17, 15) is 4.39 Å². The number of ether oxygens (including phenoxy) is 1. The average Bonchev–Trinajstić information content (AvgIpc) is 2.45. The van der Waals surface area contributed by atoms with Crippen molar-refractivity contribution < 1.29 is 9.13 Å². The number of aromatic nitrogens is 1. The minimum atomic E-state index is -0.954. The molecule has 106 valence electrons. The second-order valence-electron chi connectivity index (χ2n) is 4.94. The number of nitrogens with zero attached hydrogens (tertiary/aromatic N) is 1. The van der Waals surface area contributed by atoms with E-state index >= 15 is 0 Å². The summed E-state index contributed by atoms with van der Waals surface area (Å²) in [5.41, 5.74) is 6.53. The minimum absolute atomic E-state index is 0.322. The van der Waals surface area contributed by atoms with E-state index in [0.717, 1.165) is 12.0 Å². The lowest BCUT2D eigenvalue weighted by atomic mass is 9.86. The summed E-state index contributed by atoms with van der Waals surface area (Å²) in [6.07, 6.45) is 4.19. The first-order valence-corrected chi connectivity index (χ1v) is 6.68. The first-order chi connectivity index (χ1) is 9.55. The second kappa shape index (κ2) is 6.01. The highest BCUT2D eigenvalue weighted by molar-refractivity contribution is 5.39. The molecule has 4 heteroatoms. The van der Waals surface area contributed by atoms with E-state index in [1.165, 1.54) is 6.07 Å². The monoisotopic (exact) mass is 274 g/mol. The van der Waals surface area contributed by atoms with Gasteiger partial charge in [0.1, 0.15) is 11.6 Å². The highest BCUT2D eigenvalue weighted by Gasteiger charge is 2.27. The molecule has 0 saturated heterocycles. The van der Waals surface area contributed by atoms with Crippen molar-refractivity contribution >= 4 is 0 Å². The van der Waals surface area contributed by atoms with Gasteiger partial charge in [0.25, 0.3) is 0 Å². The summed E-state index contributed by atoms with van der Waals surface area (Å²) in [5.74, 6) is 0.328. The van der Waals surface area contributed by atoms with Crippen molar-refractivity contribution in [2.45, 2.75) is 25.8 Å². The molecule has 1 atom stereocenters. The van der Waals surface area contributed by atoms with Crippen LogP contribution in [0.5, 0.6) is 5.75 Å². The van der Waals surface area contributed by atoms with Crippen LogP contribution in [0.25, 0.3) is 0 Å². The van der Waals surface area contributed by atoms with Crippen LogP contribution in [-0.2, 0) is 5.54 Å². The minimum Gasteiger partial charge on any atom is -0.492 e. The van der Waals surface area contributed by atoms with E-state index in [4.69, 9.17) is 10.5 Å². The van der Waals surface area contributed by atoms with Crippen molar-refractivity contribution in [3.8, 4) is 5.75 Å². The van der Waals surface area contributed by atoms with Crippen LogP contribution in [0, 0.1) is 5.82 Å². The van der Waals surface area contributed by atoms with Gasteiger partial charge in [0.05, 0.1) is 18.3 Å². The van der Waals surface area contributed by atoms with Gasteiger partial charge in [-0.3, -0.25) is 4.98 Å². The van der Waals surface area contributed by atoms with Gasteiger partial charge < -0.3 is 10.5 Å². The predicted octanol–water partition coefficient (Wildman–Crippen LogP) is 3.23. The van der Waals surface area contributed by atoms with Crippen LogP contribution >= 0.6 is 0 Å². The highest BCUT2D eigenvalue weighted by atomic mass is 19.1. The standard InChI is InChI=1S/C16H19FN2O/c1-3-8-20-13-9-12(10-19-11-13)16(2,18)14-6-4-5-7-15(14)17/h4-7,9-11H,3,8,18H2,1-2H3. The van der Waals surface area contributed by atoms with Crippen molar-refractivity contribution in [2.24, 2.45) is 5.73 Å². The number of halogens is 1. The normalized spacial score (nSPS) is 13.8. The summed E-state index contributed by atoms with van der Waals surface area (Å²) < 4.78 is 19.5. The SMILES string of the molecule is CCCOc1cncc(C(C)(N)c2ccccc2F)c1. The molecule has 3 nitrogen and oxygen atoms in total. The summed E-state index contributed by atoms with van der Waals surface area (Å²) in [5, 5.41) is 0. The van der Waals surface area contributed by atoms with E-state index in [1.54, 1.807) is 37.5 Å². The van der Waals surface area contributed by atoms with Crippen LogP contribution in [0.1, 0.15) is 31.4 Å². The molecule has 0 bridgehead atoms. The zero-order chi connectivity index (χ0) is 14.6. The van der Waals surface area contributed by atoms with Crippen molar-refractivity contribution in [3.05, 3.63) is 59.7 Å². The molecule has 0 aliphatic carbocycles. The van der Waals surface area contributed by atoms with E-state index in [0.29, 0.717) is 17.9 Å². The molecule has 0 amide bonds. The number of hydrogen-bond acceptors (Lipinski definition) is 3. The molecule has 2 aromatic rings. The summed E-state index contributed by atoms with van der Waals surface area (Å²) in [7, 11) is 0. The fourth-order valence-electron chi connectivity index (χ4n) is 2.04. The van der Waals surface area contributed by atoms with Gasteiger partial charge in [-0.1, -0.05) is 25.1 Å². The Bertz CT molecular complexity index is 584. The van der Waals surface area contributed by atoms with Crippen molar-refractivity contribution in [1.82, 2.24) is 4.98 Å². The Hall–Kier alpha value is -1.94. The molecule has 0 aliphatic heterocycles. The number of pyridine rings is 1. The Balaban J connectivity index is 2.36. The molecular weight excluding hydrogens is 255 g/mol. The lowest BCUT2D eigenvalue weighted by Gasteiger charge is -2.26. The number of nitrogens with two attached hydrogens (primary N) is 1. The van der Waals surface area contributed by atoms with E-state index in [-0.39, 0.29) is 5.82 Å². The van der Waals surface area contributed by atoms with Crippen molar-refractivity contribution in [1.29, 1.82) is 0 Å². The Morgan fingerprint density at radius 3 is 2.75 bits per heavy atom. The molecule has 0 fully saturated rings. The fraction of sp³-hybridized carbons (Fsp3) is 0.312. The summed E-state index contributed by atoms with van der Waals surface area (Å²) in [4.78, 5) is 4.13. The third-order valence-electron chi connectivity index (χ3n) is 3.22. The maximum atomic E-state index is 13.9. The van der Waals surface area contributed by atoms with Crippen LogP contribution in [0.15, 0.2) is 42.7 Å². The molecule has 2 N–H and O–H groups in total. The molecule has 20 heavy (non-hydrogen) atoms. The first kappa shape index (κ1) is 14.5. The quantitative estimate of drug-likeness (QED) is 0.910. The lowest BCUT2D eigenvalue weighted by Crippen LogP contribution is -2.35. The Labute approximate surface area is 118 Å². The maximum absolute atomic E-state index is 13.9. The molecule has 0 radical (unpaired) electrons. The zero-order valence-corrected chi connectivity index (χ0v) is 11.8. The van der Waals surface area contributed by atoms with Gasteiger partial charge in [-0.05, 0) is 31.0 Å². The lowest BCUT2D eigenvalue weighted by molar-refractivity contribution is 0.315. The Morgan fingerprint density at radius 1 is 1.30 bits per heavy atom. The smallest absolute Gasteiger partial charge is 0.137 e. The molecule has 1 heterocycles. The molecular formula is C16H19FN2O. The van der Waals surface area contributed by atoms with Gasteiger partial charge in [-0.25, -0.2) is 4.39 Å². The predicted molar refractivity (Wildman–Crippen MR) is 77.1 cm³/mol. The van der Waals surface area contributed by atoms with Gasteiger partial charge in [-0.15, -0.1) is 0 Å². The topological polar surface area (TPSA) is 48.1 Å². The number of benzene rings is 1. The Kier molecular flexibility index (Phi) is 4.35. The number of hydrogen-bond donors (Lipinski definition) is 1. The summed E-state index contributed by atoms with van der Waals surface area (Å²) >= 11 is 0. The van der Waals surface area contributed by atoms with Gasteiger partial charge in [0.2, 0.25) is 0 Å². The van der Waals surface area contributed by atoms with E-state index < -0.39 is 5.54 Å². The molecule has 1 unspecified atom stereocenters. The maximum Gasteiger partial charge on any atom is 0.137 e. The van der Waals surface area contributed by atoms with Gasteiger partial charge >= 0.3 is 0 Å². The third-order valence-corrected chi connectivity index (χ3v) is 3.22.